The van der Waals surface area contributed by atoms with Crippen LogP contribution in [-0.2, 0) is 4.79 Å². The normalized spacial score (nSPS) is 8.89. The number of nitrogens with one attached hydrogen (secondary N) is 2. The molecular weight excluding hydrogens is 120 g/mol. The lowest BCUT2D eigenvalue weighted by Crippen LogP contribution is -2.23. The number of hydrogen-bond acceptors (Lipinski definition) is 3. The zero-order valence-electron chi connectivity index (χ0n) is 5.05. The fourth-order valence-corrected chi connectivity index (χ4v) is 0.370. The zero-order valence-corrected chi connectivity index (χ0v) is 5.05. The first-order valence-electron chi connectivity index (χ1n) is 2.69. The summed E-state index contributed by atoms with van der Waals surface area (Å²) in [4.78, 5) is 9.84. The van der Waals surface area contributed by atoms with Gasteiger partial charge in [-0.1, -0.05) is 0 Å². The van der Waals surface area contributed by atoms with Gasteiger partial charge in [0, 0.05) is 6.54 Å². The van der Waals surface area contributed by atoms with Gasteiger partial charge in [0.15, 0.2) is 0 Å². The van der Waals surface area contributed by atoms with E-state index in [1.54, 1.807) is 0 Å². The Bertz CT molecular complexity index is 103. The molecule has 0 heterocycles. The molecule has 0 aromatic carbocycles. The van der Waals surface area contributed by atoms with Gasteiger partial charge in [-0.3, -0.25) is 4.79 Å². The maximum Gasteiger partial charge on any atom is 0.317 e. The Balaban J connectivity index is 2.91. The van der Waals surface area contributed by atoms with E-state index in [1.807, 2.05) is 0 Å². The second-order valence-corrected chi connectivity index (χ2v) is 1.56. The molecule has 0 amide bonds. The molecule has 0 saturated heterocycles. The van der Waals surface area contributed by atoms with Crippen LogP contribution >= 0.6 is 0 Å². The predicted octanol–water partition coefficient (Wildman–Crippen LogP) is -0.300. The van der Waals surface area contributed by atoms with Crippen LogP contribution in [0.15, 0.2) is 0 Å². The maximum atomic E-state index is 9.84. The van der Waals surface area contributed by atoms with Gasteiger partial charge in [0.05, 0.1) is 6.54 Å². The highest BCUT2D eigenvalue weighted by atomic mass is 16.4. The number of aliphatic carboxylic acids is 1. The summed E-state index contributed by atoms with van der Waals surface area (Å²) in [6.45, 7) is 0.545. The average molecular weight is 130 g/mol. The molecule has 0 bridgehead atoms. The standard InChI is InChI=1S/C5H10N2O2/c6-2-1-3-7-4-5(8)9/h2,6-7H,1,3-4H2,(H,8,9). The summed E-state index contributed by atoms with van der Waals surface area (Å²) < 4.78 is 0. The summed E-state index contributed by atoms with van der Waals surface area (Å²) in [5, 5.41) is 17.3. The van der Waals surface area contributed by atoms with E-state index in [-0.39, 0.29) is 6.54 Å². The van der Waals surface area contributed by atoms with Gasteiger partial charge in [0.25, 0.3) is 0 Å². The molecule has 0 aromatic heterocycles. The van der Waals surface area contributed by atoms with Crippen LogP contribution in [-0.4, -0.2) is 30.4 Å². The quantitative estimate of drug-likeness (QED) is 0.353. The Morgan fingerprint density at radius 2 is 2.44 bits per heavy atom. The number of carbonyl (C=O) groups is 1. The first kappa shape index (κ1) is 8.10. The van der Waals surface area contributed by atoms with Crippen molar-refractivity contribution in [2.24, 2.45) is 0 Å². The smallest absolute Gasteiger partial charge is 0.317 e. The van der Waals surface area contributed by atoms with Crippen LogP contribution in [0.5, 0.6) is 0 Å². The fraction of sp³-hybridized carbons (Fsp3) is 0.600. The van der Waals surface area contributed by atoms with Crippen molar-refractivity contribution < 1.29 is 9.90 Å². The van der Waals surface area contributed by atoms with E-state index in [2.05, 4.69) is 5.32 Å². The third-order valence-electron chi connectivity index (χ3n) is 0.742. The molecule has 0 radical (unpaired) electrons. The molecule has 0 aromatic rings. The van der Waals surface area contributed by atoms with Crippen molar-refractivity contribution in [2.45, 2.75) is 6.42 Å². The third kappa shape index (κ3) is 7.10. The van der Waals surface area contributed by atoms with Gasteiger partial charge in [0.2, 0.25) is 0 Å². The molecule has 4 nitrogen and oxygen atoms in total. The largest absolute Gasteiger partial charge is 0.480 e. The van der Waals surface area contributed by atoms with E-state index in [9.17, 15) is 4.79 Å². The number of rotatable bonds is 5. The summed E-state index contributed by atoms with van der Waals surface area (Å²) in [6, 6.07) is 0. The van der Waals surface area contributed by atoms with Gasteiger partial charge in [-0.05, 0) is 12.6 Å². The Morgan fingerprint density at radius 1 is 1.78 bits per heavy atom. The summed E-state index contributed by atoms with van der Waals surface area (Å²) >= 11 is 0. The number of carboxylic acids is 1. The monoisotopic (exact) mass is 130 g/mol. The van der Waals surface area contributed by atoms with Gasteiger partial charge >= 0.3 is 5.97 Å². The lowest BCUT2D eigenvalue weighted by Gasteiger charge is -1.94. The van der Waals surface area contributed by atoms with Gasteiger partial charge in [-0.15, -0.1) is 0 Å². The average Bonchev–Trinajstić information content (AvgIpc) is 1.80. The molecular formula is C5H10N2O2. The van der Waals surface area contributed by atoms with Crippen molar-refractivity contribution in [3.63, 3.8) is 0 Å². The molecule has 0 aliphatic heterocycles. The second-order valence-electron chi connectivity index (χ2n) is 1.56. The molecule has 0 aliphatic rings. The fourth-order valence-electron chi connectivity index (χ4n) is 0.370. The van der Waals surface area contributed by atoms with Gasteiger partial charge < -0.3 is 15.8 Å². The number of hydrogen-bond donors (Lipinski definition) is 3. The highest BCUT2D eigenvalue weighted by Crippen LogP contribution is 1.66. The highest BCUT2D eigenvalue weighted by molar-refractivity contribution is 5.69. The topological polar surface area (TPSA) is 73.2 Å². The van der Waals surface area contributed by atoms with E-state index in [4.69, 9.17) is 10.5 Å². The Kier molecular flexibility index (Phi) is 4.72. The predicted molar refractivity (Wildman–Crippen MR) is 33.9 cm³/mol. The van der Waals surface area contributed by atoms with E-state index in [1.165, 1.54) is 6.21 Å². The van der Waals surface area contributed by atoms with Gasteiger partial charge in [-0.2, -0.15) is 0 Å². The Hall–Kier alpha value is -0.900. The van der Waals surface area contributed by atoms with Crippen molar-refractivity contribution in [1.29, 1.82) is 5.41 Å². The molecule has 0 fully saturated rings. The van der Waals surface area contributed by atoms with Crippen molar-refractivity contribution >= 4 is 12.2 Å². The van der Waals surface area contributed by atoms with Gasteiger partial charge in [-0.25, -0.2) is 0 Å². The lowest BCUT2D eigenvalue weighted by atomic mass is 10.4. The van der Waals surface area contributed by atoms with Crippen molar-refractivity contribution in [3.05, 3.63) is 0 Å². The summed E-state index contributed by atoms with van der Waals surface area (Å²) in [6.07, 6.45) is 1.84. The van der Waals surface area contributed by atoms with Crippen LogP contribution in [0.3, 0.4) is 0 Å². The van der Waals surface area contributed by atoms with E-state index in [0.717, 1.165) is 0 Å². The minimum absolute atomic E-state index is 0.0200. The van der Waals surface area contributed by atoms with Gasteiger partial charge in [0.1, 0.15) is 0 Å². The van der Waals surface area contributed by atoms with Crippen molar-refractivity contribution in [2.75, 3.05) is 13.1 Å². The van der Waals surface area contributed by atoms with Crippen LogP contribution < -0.4 is 5.32 Å². The van der Waals surface area contributed by atoms with Crippen LogP contribution in [0.4, 0.5) is 0 Å². The minimum atomic E-state index is -0.861. The maximum absolute atomic E-state index is 9.84. The third-order valence-corrected chi connectivity index (χ3v) is 0.742. The summed E-state index contributed by atoms with van der Waals surface area (Å²) in [7, 11) is 0. The molecule has 0 atom stereocenters. The lowest BCUT2D eigenvalue weighted by molar-refractivity contribution is -0.135. The first-order valence-corrected chi connectivity index (χ1v) is 2.69. The second kappa shape index (κ2) is 5.24. The minimum Gasteiger partial charge on any atom is -0.480 e. The molecule has 3 N–H and O–H groups in total. The van der Waals surface area contributed by atoms with E-state index < -0.39 is 5.97 Å². The molecule has 52 valence electrons. The van der Waals surface area contributed by atoms with E-state index >= 15 is 0 Å². The van der Waals surface area contributed by atoms with Crippen LogP contribution in [0.25, 0.3) is 0 Å². The van der Waals surface area contributed by atoms with Crippen LogP contribution in [0.2, 0.25) is 0 Å². The van der Waals surface area contributed by atoms with Crippen LogP contribution in [0, 0.1) is 5.41 Å². The molecule has 0 unspecified atom stereocenters. The highest BCUT2D eigenvalue weighted by Gasteiger charge is 1.91. The van der Waals surface area contributed by atoms with Crippen LogP contribution in [0.1, 0.15) is 6.42 Å². The first-order chi connectivity index (χ1) is 4.27. The number of carboxylic acid groups (broad SMARTS) is 1. The summed E-state index contributed by atoms with van der Waals surface area (Å²) in [5.74, 6) is -0.861. The molecule has 0 rings (SSSR count). The molecule has 0 saturated carbocycles. The van der Waals surface area contributed by atoms with Crippen molar-refractivity contribution in [1.82, 2.24) is 5.32 Å². The summed E-state index contributed by atoms with van der Waals surface area (Å²) in [5.41, 5.74) is 0. The van der Waals surface area contributed by atoms with E-state index in [0.29, 0.717) is 13.0 Å². The molecule has 0 aliphatic carbocycles. The molecule has 0 spiro atoms. The molecule has 4 heteroatoms. The molecule has 9 heavy (non-hydrogen) atoms. The zero-order chi connectivity index (χ0) is 7.11. The van der Waals surface area contributed by atoms with Crippen molar-refractivity contribution in [3.8, 4) is 0 Å². The SMILES string of the molecule is N=CCCNCC(=O)O. The Labute approximate surface area is 53.4 Å². The Morgan fingerprint density at radius 3 is 2.89 bits per heavy atom.